The third kappa shape index (κ3) is 8.43. The summed E-state index contributed by atoms with van der Waals surface area (Å²) in [6, 6.07) is 23.8. The number of nitrogens with zero attached hydrogens (tertiary/aromatic N) is 3. The highest BCUT2D eigenvalue weighted by Crippen LogP contribution is 2.59. The van der Waals surface area contributed by atoms with Crippen LogP contribution in [-0.2, 0) is 28.4 Å². The van der Waals surface area contributed by atoms with E-state index in [1.807, 2.05) is 35.2 Å². The van der Waals surface area contributed by atoms with Gasteiger partial charge >= 0.3 is 13.5 Å². The number of nitrogens with one attached hydrogen (secondary N) is 2. The van der Waals surface area contributed by atoms with Crippen molar-refractivity contribution in [2.45, 2.75) is 93.4 Å². The number of fused-ring (bicyclic) bond motifs is 2. The number of para-hydroxylation sites is 1. The average molecular weight is 870 g/mol. The van der Waals surface area contributed by atoms with Gasteiger partial charge in [-0.1, -0.05) is 54.6 Å². The Bertz CT molecular complexity index is 2370. The molecule has 3 aromatic carbocycles. The molecule has 8 rings (SSSR count). The summed E-state index contributed by atoms with van der Waals surface area (Å²) in [5.74, 6) is -4.16. The number of thiophene rings is 1. The number of methoxy groups -OCH3 is 1. The molecule has 0 radical (unpaired) electrons. The monoisotopic (exact) mass is 869 g/mol. The van der Waals surface area contributed by atoms with Gasteiger partial charge in [-0.2, -0.15) is 5.26 Å². The van der Waals surface area contributed by atoms with Gasteiger partial charge < -0.3 is 29.1 Å². The van der Waals surface area contributed by atoms with Crippen LogP contribution in [0.25, 0.3) is 10.1 Å². The summed E-state index contributed by atoms with van der Waals surface area (Å²) in [4.78, 5) is 59.3. The van der Waals surface area contributed by atoms with E-state index in [1.165, 1.54) is 49.6 Å². The topological polar surface area (TPSA) is 167 Å². The maximum absolute atomic E-state index is 16.6. The second-order valence-electron chi connectivity index (χ2n) is 16.4. The van der Waals surface area contributed by atoms with Gasteiger partial charge in [0, 0.05) is 30.3 Å². The zero-order valence-corrected chi connectivity index (χ0v) is 35.7. The number of alkyl halides is 1. The van der Waals surface area contributed by atoms with E-state index in [0.717, 1.165) is 24.8 Å². The third-order valence-corrected chi connectivity index (χ3v) is 15.8. The summed E-state index contributed by atoms with van der Waals surface area (Å²) in [6.07, 6.45) is 4.56. The summed E-state index contributed by atoms with van der Waals surface area (Å²) < 4.78 is 47.4. The Hall–Kier alpha value is -5.13. The maximum Gasteiger partial charge on any atom is 0.355 e. The van der Waals surface area contributed by atoms with E-state index in [4.69, 9.17) is 14.0 Å². The zero-order valence-electron chi connectivity index (χ0n) is 34.0. The fraction of sp³-hybridized carbons (Fsp3) is 0.444. The minimum Gasteiger partial charge on any atom is -0.462 e. The quantitative estimate of drug-likeness (QED) is 0.0749. The molecule has 1 saturated carbocycles. The molecule has 1 aromatic heterocycles. The van der Waals surface area contributed by atoms with Gasteiger partial charge in [-0.15, -0.1) is 11.3 Å². The van der Waals surface area contributed by atoms with E-state index in [1.54, 1.807) is 35.2 Å². The molecule has 8 atom stereocenters. The summed E-state index contributed by atoms with van der Waals surface area (Å²) >= 11 is 1.17. The predicted molar refractivity (Wildman–Crippen MR) is 227 cm³/mol. The Morgan fingerprint density at radius 3 is 2.44 bits per heavy atom. The van der Waals surface area contributed by atoms with Crippen molar-refractivity contribution in [3.63, 3.8) is 0 Å². The Balaban J connectivity index is 0.975. The number of hydrogen-bond donors (Lipinski definition) is 2. The van der Waals surface area contributed by atoms with Gasteiger partial charge in [-0.3, -0.25) is 23.7 Å². The van der Waals surface area contributed by atoms with Gasteiger partial charge in [0.05, 0.1) is 29.0 Å². The molecule has 0 bridgehead atoms. The molecule has 4 fully saturated rings. The number of esters is 1. The molecule has 2 N–H and O–H groups in total. The lowest BCUT2D eigenvalue weighted by atomic mass is 9.85. The van der Waals surface area contributed by atoms with Crippen LogP contribution in [0.2, 0.25) is 0 Å². The van der Waals surface area contributed by atoms with Crippen LogP contribution < -0.4 is 14.9 Å². The largest absolute Gasteiger partial charge is 0.462 e. The van der Waals surface area contributed by atoms with E-state index >= 15 is 4.39 Å². The molecule has 1 aliphatic carbocycles. The first kappa shape index (κ1) is 42.6. The number of ether oxygens (including phenoxy) is 2. The van der Waals surface area contributed by atoms with Gasteiger partial charge in [-0.05, 0) is 98.7 Å². The van der Waals surface area contributed by atoms with Crippen molar-refractivity contribution < 1.29 is 42.1 Å². The second kappa shape index (κ2) is 17.7. The molecule has 3 saturated heterocycles. The molecular weight excluding hydrogens is 821 g/mol. The van der Waals surface area contributed by atoms with E-state index in [9.17, 15) is 29.0 Å². The lowest BCUT2D eigenvalue weighted by Gasteiger charge is -2.35. The Morgan fingerprint density at radius 2 is 1.74 bits per heavy atom. The molecule has 4 heterocycles. The smallest absolute Gasteiger partial charge is 0.355 e. The van der Waals surface area contributed by atoms with Crippen LogP contribution in [0.4, 0.5) is 4.39 Å². The molecule has 13 nitrogen and oxygen atoms in total. The molecule has 3 aliphatic heterocycles. The molecule has 3 amide bonds. The first-order valence-electron chi connectivity index (χ1n) is 20.8. The van der Waals surface area contributed by atoms with Crippen molar-refractivity contribution >= 4 is 52.6 Å². The highest BCUT2D eigenvalue weighted by atomic mass is 32.1. The second-order valence-corrected chi connectivity index (χ2v) is 19.6. The van der Waals surface area contributed by atoms with Crippen molar-refractivity contribution in [3.05, 3.63) is 101 Å². The maximum atomic E-state index is 16.6. The number of rotatable bonds is 14. The van der Waals surface area contributed by atoms with Crippen molar-refractivity contribution in [1.82, 2.24) is 20.2 Å². The SMILES string of the molecule is COCCOC(=O)[C@H](C)NP(=O)(Oc1ccccc1)[C@H](F)c1ccc2sc(C(=O)N[C@H]3CCC[C@H]4CC[C@@H](C(=O)N5C[C@H](c6ccccc6)[C@@H](C#N)C56CC6)N4C3=O)cc2c1. The molecular formula is C45H49FN5O8PS. The minimum absolute atomic E-state index is 0.000799. The molecule has 320 valence electrons. The van der Waals surface area contributed by atoms with Gasteiger partial charge in [0.15, 0.2) is 0 Å². The normalized spacial score (nSPS) is 24.9. The molecule has 1 unspecified atom stereocenters. The fourth-order valence-electron chi connectivity index (χ4n) is 9.37. The summed E-state index contributed by atoms with van der Waals surface area (Å²) in [5, 5.41) is 16.3. The zero-order chi connectivity index (χ0) is 42.9. The van der Waals surface area contributed by atoms with Crippen LogP contribution >= 0.6 is 18.9 Å². The Labute approximate surface area is 358 Å². The van der Waals surface area contributed by atoms with Crippen LogP contribution in [0, 0.1) is 17.2 Å². The lowest BCUT2D eigenvalue weighted by Crippen LogP contribution is -2.56. The first-order chi connectivity index (χ1) is 29.5. The van der Waals surface area contributed by atoms with Gasteiger partial charge in [0.25, 0.3) is 5.91 Å². The standard InChI is InChI=1S/C45H49FN5O8PS/c1-28(44(55)58-23-22-57-2)49-60(56,59-33-13-7-4-8-14-33)40(46)30-16-19-38-31(24-30)25-39(61-38)41(52)48-36-15-9-12-32-17-18-37(51(32)42(36)53)43(54)50-27-34(29-10-5-3-6-11-29)35(26-47)45(50)20-21-45/h3-8,10-11,13-14,16,19,24-25,28,32,34-37,40H,9,12,15,17-18,20-23,27H2,1-2H3,(H,48,52)(H,49,56)/t28-,32-,34+,35+,36-,37-,40-,60?/m0/s1. The number of carbonyl (C=O) groups is 4. The first-order valence-corrected chi connectivity index (χ1v) is 23.3. The summed E-state index contributed by atoms with van der Waals surface area (Å²) in [7, 11) is -3.04. The van der Waals surface area contributed by atoms with Gasteiger partial charge in [0.2, 0.25) is 17.7 Å². The van der Waals surface area contributed by atoms with Crippen LogP contribution in [-0.4, -0.2) is 90.1 Å². The van der Waals surface area contributed by atoms with E-state index < -0.39 is 49.0 Å². The number of hydrogen-bond acceptors (Lipinski definition) is 10. The predicted octanol–water partition coefficient (Wildman–Crippen LogP) is 7.25. The number of carbonyl (C=O) groups excluding carboxylic acids is 4. The van der Waals surface area contributed by atoms with Gasteiger partial charge in [-0.25, -0.2) is 9.48 Å². The molecule has 16 heteroatoms. The van der Waals surface area contributed by atoms with Crippen molar-refractivity contribution in [2.24, 2.45) is 5.92 Å². The van der Waals surface area contributed by atoms with Crippen LogP contribution in [0.5, 0.6) is 5.75 Å². The third-order valence-electron chi connectivity index (χ3n) is 12.5. The number of amides is 3. The lowest BCUT2D eigenvalue weighted by molar-refractivity contribution is -0.147. The molecule has 61 heavy (non-hydrogen) atoms. The van der Waals surface area contributed by atoms with E-state index in [-0.39, 0.29) is 54.2 Å². The fourth-order valence-corrected chi connectivity index (χ4v) is 12.2. The van der Waals surface area contributed by atoms with Crippen LogP contribution in [0.3, 0.4) is 0 Å². The van der Waals surface area contributed by atoms with E-state index in [0.29, 0.717) is 47.2 Å². The number of likely N-dealkylation sites (tertiary alicyclic amines) is 1. The van der Waals surface area contributed by atoms with Gasteiger partial charge in [0.1, 0.15) is 30.5 Å². The highest BCUT2D eigenvalue weighted by molar-refractivity contribution is 7.57. The number of halogens is 1. The highest BCUT2D eigenvalue weighted by Gasteiger charge is 2.64. The summed E-state index contributed by atoms with van der Waals surface area (Å²) in [5.41, 5.74) is 0.517. The van der Waals surface area contributed by atoms with E-state index in [2.05, 4.69) is 16.5 Å². The average Bonchev–Trinajstić information content (AvgIpc) is 3.64. The molecule has 1 spiro atoms. The number of benzene rings is 3. The van der Waals surface area contributed by atoms with Crippen molar-refractivity contribution in [2.75, 3.05) is 26.9 Å². The van der Waals surface area contributed by atoms with Crippen molar-refractivity contribution in [3.8, 4) is 11.8 Å². The molecule has 4 aliphatic rings. The number of nitriles is 1. The minimum atomic E-state index is -4.49. The van der Waals surface area contributed by atoms with Crippen molar-refractivity contribution in [1.29, 1.82) is 5.26 Å². The van der Waals surface area contributed by atoms with Crippen LogP contribution in [0.1, 0.15) is 84.5 Å². The Kier molecular flexibility index (Phi) is 12.3. The van der Waals surface area contributed by atoms with Crippen LogP contribution in [0.15, 0.2) is 84.9 Å². The Morgan fingerprint density at radius 1 is 1.00 bits per heavy atom. The molecule has 4 aromatic rings. The summed E-state index contributed by atoms with van der Waals surface area (Å²) in [6.45, 7) is 1.95.